The standard InChI is InChI=1S/C13H21N5O2/c1-9(2)16-12(19)8-18(3)7-11-5-4-10(6-15-11)13(20)17-14/h4-6,9H,7-8,14H2,1-3H3,(H,16,19)(H,17,20). The molecule has 0 radical (unpaired) electrons. The predicted molar refractivity (Wildman–Crippen MR) is 75.5 cm³/mol. The minimum Gasteiger partial charge on any atom is -0.353 e. The maximum Gasteiger partial charge on any atom is 0.266 e. The molecule has 0 aromatic carbocycles. The van der Waals surface area contributed by atoms with Gasteiger partial charge >= 0.3 is 0 Å². The lowest BCUT2D eigenvalue weighted by Gasteiger charge is -2.17. The molecular formula is C13H21N5O2. The summed E-state index contributed by atoms with van der Waals surface area (Å²) in [7, 11) is 1.84. The fourth-order valence-corrected chi connectivity index (χ4v) is 1.68. The van der Waals surface area contributed by atoms with Crippen LogP contribution in [0.15, 0.2) is 18.3 Å². The Bertz CT molecular complexity index is 458. The van der Waals surface area contributed by atoms with E-state index < -0.39 is 0 Å². The van der Waals surface area contributed by atoms with Gasteiger partial charge in [0, 0.05) is 18.8 Å². The van der Waals surface area contributed by atoms with Crippen molar-refractivity contribution >= 4 is 11.8 Å². The average molecular weight is 279 g/mol. The summed E-state index contributed by atoms with van der Waals surface area (Å²) in [6.07, 6.45) is 1.46. The van der Waals surface area contributed by atoms with Crippen LogP contribution in [0.1, 0.15) is 29.9 Å². The van der Waals surface area contributed by atoms with Gasteiger partial charge in [0.1, 0.15) is 0 Å². The predicted octanol–water partition coefficient (Wildman–Crippen LogP) is -0.358. The minimum atomic E-state index is -0.381. The molecule has 0 unspecified atom stereocenters. The molecule has 20 heavy (non-hydrogen) atoms. The summed E-state index contributed by atoms with van der Waals surface area (Å²) in [5, 5.41) is 2.82. The van der Waals surface area contributed by atoms with Crippen molar-refractivity contribution in [3.63, 3.8) is 0 Å². The van der Waals surface area contributed by atoms with Crippen molar-refractivity contribution < 1.29 is 9.59 Å². The number of nitrogens with two attached hydrogens (primary N) is 1. The van der Waals surface area contributed by atoms with Gasteiger partial charge in [-0.05, 0) is 33.0 Å². The van der Waals surface area contributed by atoms with E-state index in [9.17, 15) is 9.59 Å². The van der Waals surface area contributed by atoms with Crippen molar-refractivity contribution in [1.82, 2.24) is 20.6 Å². The van der Waals surface area contributed by atoms with Crippen LogP contribution in [-0.2, 0) is 11.3 Å². The number of likely N-dealkylation sites (N-methyl/N-ethyl adjacent to an activating group) is 1. The van der Waals surface area contributed by atoms with E-state index in [0.29, 0.717) is 18.7 Å². The first-order chi connectivity index (χ1) is 9.42. The zero-order valence-corrected chi connectivity index (χ0v) is 12.0. The van der Waals surface area contributed by atoms with E-state index >= 15 is 0 Å². The lowest BCUT2D eigenvalue weighted by molar-refractivity contribution is -0.122. The van der Waals surface area contributed by atoms with E-state index in [2.05, 4.69) is 10.3 Å². The Morgan fingerprint density at radius 2 is 2.10 bits per heavy atom. The maximum absolute atomic E-state index is 11.6. The van der Waals surface area contributed by atoms with Gasteiger partial charge in [-0.1, -0.05) is 0 Å². The van der Waals surface area contributed by atoms with Crippen LogP contribution in [0.2, 0.25) is 0 Å². The SMILES string of the molecule is CC(C)NC(=O)CN(C)Cc1ccc(C(=O)NN)cn1. The van der Waals surface area contributed by atoms with E-state index in [0.717, 1.165) is 5.69 Å². The molecule has 0 saturated carbocycles. The van der Waals surface area contributed by atoms with Crippen molar-refractivity contribution in [1.29, 1.82) is 0 Å². The maximum atomic E-state index is 11.6. The van der Waals surface area contributed by atoms with Crippen LogP contribution in [-0.4, -0.2) is 41.3 Å². The fourth-order valence-electron chi connectivity index (χ4n) is 1.68. The number of aromatic nitrogens is 1. The van der Waals surface area contributed by atoms with Gasteiger partial charge in [-0.15, -0.1) is 0 Å². The molecule has 0 bridgehead atoms. The number of nitrogen functional groups attached to an aromatic ring is 1. The van der Waals surface area contributed by atoms with Crippen LogP contribution in [0.25, 0.3) is 0 Å². The van der Waals surface area contributed by atoms with Crippen LogP contribution in [0, 0.1) is 0 Å². The molecule has 0 spiro atoms. The Morgan fingerprint density at radius 3 is 2.60 bits per heavy atom. The molecule has 1 rings (SSSR count). The Labute approximate surface area is 118 Å². The number of nitrogens with zero attached hydrogens (tertiary/aromatic N) is 2. The van der Waals surface area contributed by atoms with Gasteiger partial charge in [-0.25, -0.2) is 5.84 Å². The van der Waals surface area contributed by atoms with Gasteiger partial charge in [0.25, 0.3) is 5.91 Å². The number of hydrazine groups is 1. The zero-order valence-electron chi connectivity index (χ0n) is 12.0. The third kappa shape index (κ3) is 5.33. The molecule has 110 valence electrons. The zero-order chi connectivity index (χ0) is 15.1. The van der Waals surface area contributed by atoms with E-state index in [4.69, 9.17) is 5.84 Å². The summed E-state index contributed by atoms with van der Waals surface area (Å²) in [5.74, 6) is 4.63. The molecule has 0 saturated heterocycles. The molecular weight excluding hydrogens is 258 g/mol. The smallest absolute Gasteiger partial charge is 0.266 e. The molecule has 1 heterocycles. The molecule has 4 N–H and O–H groups in total. The van der Waals surface area contributed by atoms with Crippen molar-refractivity contribution in [2.75, 3.05) is 13.6 Å². The first kappa shape index (κ1) is 16.1. The van der Waals surface area contributed by atoms with Gasteiger partial charge in [0.15, 0.2) is 0 Å². The highest BCUT2D eigenvalue weighted by molar-refractivity contribution is 5.93. The van der Waals surface area contributed by atoms with Gasteiger partial charge in [0.05, 0.1) is 17.8 Å². The molecule has 2 amide bonds. The van der Waals surface area contributed by atoms with E-state index in [1.54, 1.807) is 12.1 Å². The Kier molecular flexibility index (Phi) is 6.08. The summed E-state index contributed by atoms with van der Waals surface area (Å²) >= 11 is 0. The Balaban J connectivity index is 2.52. The fraction of sp³-hybridized carbons (Fsp3) is 0.462. The largest absolute Gasteiger partial charge is 0.353 e. The summed E-state index contributed by atoms with van der Waals surface area (Å²) in [5.41, 5.74) is 3.22. The molecule has 0 atom stereocenters. The molecule has 0 fully saturated rings. The summed E-state index contributed by atoms with van der Waals surface area (Å²) in [4.78, 5) is 28.9. The number of nitrogens with one attached hydrogen (secondary N) is 2. The molecule has 1 aromatic heterocycles. The molecule has 7 heteroatoms. The number of carbonyl (C=O) groups is 2. The van der Waals surface area contributed by atoms with Crippen LogP contribution < -0.4 is 16.6 Å². The second-order valence-corrected chi connectivity index (χ2v) is 4.91. The van der Waals surface area contributed by atoms with Crippen molar-refractivity contribution in [2.24, 2.45) is 5.84 Å². The van der Waals surface area contributed by atoms with Gasteiger partial charge in [-0.2, -0.15) is 0 Å². The van der Waals surface area contributed by atoms with Crippen LogP contribution in [0.3, 0.4) is 0 Å². The summed E-state index contributed by atoms with van der Waals surface area (Å²) < 4.78 is 0. The second-order valence-electron chi connectivity index (χ2n) is 4.91. The van der Waals surface area contributed by atoms with Gasteiger partial charge < -0.3 is 5.32 Å². The Morgan fingerprint density at radius 1 is 1.40 bits per heavy atom. The second kappa shape index (κ2) is 7.56. The Hall–Kier alpha value is -1.99. The molecule has 0 aliphatic carbocycles. The first-order valence-corrected chi connectivity index (χ1v) is 6.36. The van der Waals surface area contributed by atoms with E-state index in [1.807, 2.05) is 31.2 Å². The number of rotatable bonds is 6. The van der Waals surface area contributed by atoms with Gasteiger partial charge in [-0.3, -0.25) is 24.9 Å². The van der Waals surface area contributed by atoms with Crippen LogP contribution >= 0.6 is 0 Å². The number of amides is 2. The highest BCUT2D eigenvalue weighted by atomic mass is 16.2. The molecule has 7 nitrogen and oxygen atoms in total. The third-order valence-electron chi connectivity index (χ3n) is 2.51. The number of hydrogen-bond acceptors (Lipinski definition) is 5. The molecule has 0 aliphatic rings. The molecule has 0 aliphatic heterocycles. The van der Waals surface area contributed by atoms with Crippen LogP contribution in [0.5, 0.6) is 0 Å². The van der Waals surface area contributed by atoms with E-state index in [-0.39, 0.29) is 17.9 Å². The van der Waals surface area contributed by atoms with Crippen molar-refractivity contribution in [3.05, 3.63) is 29.6 Å². The first-order valence-electron chi connectivity index (χ1n) is 6.36. The molecule has 1 aromatic rings. The lowest BCUT2D eigenvalue weighted by Crippen LogP contribution is -2.38. The highest BCUT2D eigenvalue weighted by Crippen LogP contribution is 2.03. The van der Waals surface area contributed by atoms with Crippen LogP contribution in [0.4, 0.5) is 0 Å². The number of carbonyl (C=O) groups excluding carboxylic acids is 2. The summed E-state index contributed by atoms with van der Waals surface area (Å²) in [6, 6.07) is 3.51. The monoisotopic (exact) mass is 279 g/mol. The normalized spacial score (nSPS) is 10.7. The van der Waals surface area contributed by atoms with Gasteiger partial charge in [0.2, 0.25) is 5.91 Å². The average Bonchev–Trinajstić information content (AvgIpc) is 2.37. The van der Waals surface area contributed by atoms with Crippen molar-refractivity contribution in [3.8, 4) is 0 Å². The quantitative estimate of drug-likeness (QED) is 0.375. The highest BCUT2D eigenvalue weighted by Gasteiger charge is 2.09. The topological polar surface area (TPSA) is 100 Å². The number of hydrogen-bond donors (Lipinski definition) is 3. The lowest BCUT2D eigenvalue weighted by atomic mass is 10.2. The third-order valence-corrected chi connectivity index (χ3v) is 2.51. The summed E-state index contributed by atoms with van der Waals surface area (Å²) in [6.45, 7) is 4.66. The van der Waals surface area contributed by atoms with E-state index in [1.165, 1.54) is 6.20 Å². The van der Waals surface area contributed by atoms with Crippen molar-refractivity contribution in [2.45, 2.75) is 26.4 Å². The number of pyridine rings is 1. The minimum absolute atomic E-state index is 0.0263.